The lowest BCUT2D eigenvalue weighted by molar-refractivity contribution is -0.286. The van der Waals surface area contributed by atoms with Gasteiger partial charge in [0.1, 0.15) is 6.10 Å². The van der Waals surface area contributed by atoms with Crippen molar-refractivity contribution in [2.75, 3.05) is 13.7 Å². The van der Waals surface area contributed by atoms with Crippen LogP contribution in [0.25, 0.3) is 0 Å². The number of benzene rings is 2. The van der Waals surface area contributed by atoms with Crippen LogP contribution in [-0.2, 0) is 33.0 Å². The summed E-state index contributed by atoms with van der Waals surface area (Å²) >= 11 is 0. The Kier molecular flexibility index (Phi) is 9.11. The fraction of sp³-hybridized carbons (Fsp3) is 0.500. The first kappa shape index (κ1) is 28.1. The van der Waals surface area contributed by atoms with Crippen molar-refractivity contribution in [2.24, 2.45) is 5.92 Å². The molecule has 0 saturated carbocycles. The molecule has 196 valence electrons. The highest BCUT2D eigenvalue weighted by atomic mass is 28.4. The fourth-order valence-electron chi connectivity index (χ4n) is 5.07. The first-order valence-corrected chi connectivity index (χ1v) is 14.2. The molecule has 2 aromatic carbocycles. The van der Waals surface area contributed by atoms with Crippen LogP contribution in [0.3, 0.4) is 0 Å². The van der Waals surface area contributed by atoms with E-state index in [1.165, 1.54) is 21.0 Å². The molecule has 5 atom stereocenters. The Morgan fingerprint density at radius 2 is 1.33 bits per heavy atom. The number of methoxy groups -OCH3 is 1. The van der Waals surface area contributed by atoms with Crippen LogP contribution in [0.15, 0.2) is 60.7 Å². The Labute approximate surface area is 215 Å². The third-order valence-corrected chi connectivity index (χ3v) is 11.7. The van der Waals surface area contributed by atoms with Crippen LogP contribution in [0.1, 0.15) is 41.5 Å². The highest BCUT2D eigenvalue weighted by molar-refractivity contribution is 6.99. The zero-order valence-electron chi connectivity index (χ0n) is 22.2. The van der Waals surface area contributed by atoms with E-state index in [9.17, 15) is 9.59 Å². The van der Waals surface area contributed by atoms with Gasteiger partial charge in [0.25, 0.3) is 8.32 Å². The van der Waals surface area contributed by atoms with E-state index in [-0.39, 0.29) is 17.6 Å². The topological polar surface area (TPSA) is 80.3 Å². The molecule has 8 heteroatoms. The van der Waals surface area contributed by atoms with E-state index < -0.39 is 44.9 Å². The van der Waals surface area contributed by atoms with Crippen molar-refractivity contribution in [1.82, 2.24) is 0 Å². The van der Waals surface area contributed by atoms with Crippen LogP contribution < -0.4 is 10.4 Å². The van der Waals surface area contributed by atoms with Gasteiger partial charge in [-0.2, -0.15) is 0 Å². The molecule has 1 aliphatic heterocycles. The zero-order chi connectivity index (χ0) is 26.5. The van der Waals surface area contributed by atoms with Gasteiger partial charge in [0.2, 0.25) is 0 Å². The predicted octanol–water partition coefficient (Wildman–Crippen LogP) is 3.43. The number of ether oxygens (including phenoxy) is 4. The van der Waals surface area contributed by atoms with Crippen LogP contribution in [0, 0.1) is 5.92 Å². The van der Waals surface area contributed by atoms with Crippen molar-refractivity contribution in [3.63, 3.8) is 0 Å². The molecule has 0 unspecified atom stereocenters. The number of esters is 2. The summed E-state index contributed by atoms with van der Waals surface area (Å²) in [6.45, 7) is 11.4. The van der Waals surface area contributed by atoms with Gasteiger partial charge in [0.15, 0.2) is 12.4 Å². The zero-order valence-corrected chi connectivity index (χ0v) is 23.2. The van der Waals surface area contributed by atoms with Crippen LogP contribution in [0.4, 0.5) is 0 Å². The summed E-state index contributed by atoms with van der Waals surface area (Å²) in [5, 5.41) is 2.11. The molecule has 0 amide bonds. The molecule has 36 heavy (non-hydrogen) atoms. The Bertz CT molecular complexity index is 966. The molecular formula is C28H38O7Si. The molecular weight excluding hydrogens is 476 g/mol. The van der Waals surface area contributed by atoms with Crippen molar-refractivity contribution in [3.05, 3.63) is 60.7 Å². The van der Waals surface area contributed by atoms with E-state index in [1.807, 2.05) is 43.3 Å². The summed E-state index contributed by atoms with van der Waals surface area (Å²) < 4.78 is 29.9. The summed E-state index contributed by atoms with van der Waals surface area (Å²) in [5.74, 6) is -1.28. The van der Waals surface area contributed by atoms with Gasteiger partial charge in [0, 0.05) is 26.9 Å². The van der Waals surface area contributed by atoms with Crippen LogP contribution >= 0.6 is 0 Å². The number of carbonyl (C=O) groups is 2. The van der Waals surface area contributed by atoms with Gasteiger partial charge in [-0.3, -0.25) is 9.59 Å². The average molecular weight is 515 g/mol. The summed E-state index contributed by atoms with van der Waals surface area (Å²) in [6.07, 6.45) is -2.98. The highest BCUT2D eigenvalue weighted by Crippen LogP contribution is 2.38. The number of rotatable bonds is 8. The molecule has 1 fully saturated rings. The smallest absolute Gasteiger partial charge is 0.303 e. The van der Waals surface area contributed by atoms with E-state index in [1.54, 1.807) is 0 Å². The molecule has 7 nitrogen and oxygen atoms in total. The number of hydrogen-bond donors (Lipinski definition) is 0. The molecule has 3 rings (SSSR count). The Morgan fingerprint density at radius 1 is 0.861 bits per heavy atom. The molecule has 0 N–H and O–H groups in total. The van der Waals surface area contributed by atoms with Crippen molar-refractivity contribution in [2.45, 2.75) is 71.2 Å². The Morgan fingerprint density at radius 3 is 1.75 bits per heavy atom. The van der Waals surface area contributed by atoms with Gasteiger partial charge in [-0.1, -0.05) is 88.4 Å². The molecule has 0 spiro atoms. The Hall–Kier alpha value is -2.52. The van der Waals surface area contributed by atoms with E-state index in [4.69, 9.17) is 23.4 Å². The maximum absolute atomic E-state index is 11.9. The maximum Gasteiger partial charge on any atom is 0.303 e. The van der Waals surface area contributed by atoms with Gasteiger partial charge >= 0.3 is 11.9 Å². The summed E-state index contributed by atoms with van der Waals surface area (Å²) in [7, 11) is -1.33. The van der Waals surface area contributed by atoms with Crippen molar-refractivity contribution < 1.29 is 33.0 Å². The minimum absolute atomic E-state index is 0.205. The first-order valence-electron chi connectivity index (χ1n) is 12.3. The van der Waals surface area contributed by atoms with Crippen LogP contribution in [0.5, 0.6) is 0 Å². The number of hydrogen-bond acceptors (Lipinski definition) is 7. The average Bonchev–Trinajstić information content (AvgIpc) is 2.83. The van der Waals surface area contributed by atoms with Gasteiger partial charge in [-0.25, -0.2) is 0 Å². The minimum Gasteiger partial charge on any atom is -0.458 e. The van der Waals surface area contributed by atoms with E-state index in [2.05, 4.69) is 45.0 Å². The monoisotopic (exact) mass is 514 g/mol. The summed E-state index contributed by atoms with van der Waals surface area (Å²) in [6, 6.07) is 20.7. The van der Waals surface area contributed by atoms with Crippen molar-refractivity contribution in [1.29, 1.82) is 0 Å². The molecule has 1 heterocycles. The van der Waals surface area contributed by atoms with Gasteiger partial charge in [-0.05, 0) is 15.4 Å². The lowest BCUT2D eigenvalue weighted by Gasteiger charge is -2.47. The van der Waals surface area contributed by atoms with Crippen LogP contribution in [0.2, 0.25) is 5.04 Å². The minimum atomic E-state index is -2.81. The SMILES string of the molecule is CO[C@H]1O[C@@H](CO[Si](c2ccccc2)(c2ccccc2)C(C)(C)C)[C@@H](C)[C@H](OC(C)=O)[C@@H]1OC(C)=O. The summed E-state index contributed by atoms with van der Waals surface area (Å²) in [4.78, 5) is 23.7. The largest absolute Gasteiger partial charge is 0.458 e. The van der Waals surface area contributed by atoms with Crippen molar-refractivity contribution >= 4 is 30.6 Å². The molecule has 0 bridgehead atoms. The normalized spacial score (nSPS) is 24.7. The molecule has 0 aliphatic carbocycles. The standard InChI is InChI=1S/C28H38O7Si/c1-19-24(35-27(31-7)26(34-21(3)30)25(19)33-20(2)29)18-32-36(28(4,5)6,22-14-10-8-11-15-22)23-16-12-9-13-17-23/h8-17,19,24-27H,18H2,1-7H3/t19-,24+,25+,26+,27+/m1/s1. The molecule has 2 aromatic rings. The second kappa shape index (κ2) is 11.7. The molecule has 0 aromatic heterocycles. The van der Waals surface area contributed by atoms with E-state index >= 15 is 0 Å². The maximum atomic E-state index is 11.9. The fourth-order valence-corrected chi connectivity index (χ4v) is 9.64. The van der Waals surface area contributed by atoms with Gasteiger partial charge in [-0.15, -0.1) is 0 Å². The lowest BCUT2D eigenvalue weighted by Crippen LogP contribution is -2.68. The van der Waals surface area contributed by atoms with Gasteiger partial charge < -0.3 is 23.4 Å². The molecule has 1 aliphatic rings. The highest BCUT2D eigenvalue weighted by Gasteiger charge is 2.53. The first-order chi connectivity index (χ1) is 17.0. The second-order valence-corrected chi connectivity index (χ2v) is 14.6. The summed E-state index contributed by atoms with van der Waals surface area (Å²) in [5.41, 5.74) is 0. The quantitative estimate of drug-likeness (QED) is 0.394. The number of carbonyl (C=O) groups excluding carboxylic acids is 2. The lowest BCUT2D eigenvalue weighted by atomic mass is 9.90. The molecule has 1 saturated heterocycles. The van der Waals surface area contributed by atoms with E-state index in [0.29, 0.717) is 0 Å². The van der Waals surface area contributed by atoms with Gasteiger partial charge in [0.05, 0.1) is 12.7 Å². The van der Waals surface area contributed by atoms with Crippen molar-refractivity contribution in [3.8, 4) is 0 Å². The van der Waals surface area contributed by atoms with E-state index in [0.717, 1.165) is 10.4 Å². The predicted molar refractivity (Wildman–Crippen MR) is 140 cm³/mol. The third kappa shape index (κ3) is 5.89. The third-order valence-electron chi connectivity index (χ3n) is 6.72. The molecule has 0 radical (unpaired) electrons. The second-order valence-electron chi connectivity index (χ2n) is 10.3. The van der Waals surface area contributed by atoms with Crippen LogP contribution in [-0.4, -0.2) is 58.6 Å². The Balaban J connectivity index is 2.00.